The standard InChI is InChI=1S/C17H22ClNO2/c1-13-4-3-9-17(11-13,12-20)19-16(21)8-7-14-5-2-6-15(18)10-14/h2,5-8,10,13,20H,3-4,9,11-12H2,1H3,(H,19,21). The summed E-state index contributed by atoms with van der Waals surface area (Å²) in [5, 5.41) is 13.3. The van der Waals surface area contributed by atoms with Gasteiger partial charge in [0.25, 0.3) is 0 Å². The van der Waals surface area contributed by atoms with E-state index in [1.54, 1.807) is 18.2 Å². The van der Waals surface area contributed by atoms with E-state index in [9.17, 15) is 9.90 Å². The van der Waals surface area contributed by atoms with E-state index in [0.717, 1.165) is 31.2 Å². The Labute approximate surface area is 131 Å². The summed E-state index contributed by atoms with van der Waals surface area (Å²) in [6.07, 6.45) is 7.11. The van der Waals surface area contributed by atoms with E-state index in [4.69, 9.17) is 11.6 Å². The van der Waals surface area contributed by atoms with Gasteiger partial charge in [-0.1, -0.05) is 43.5 Å². The van der Waals surface area contributed by atoms with Gasteiger partial charge in [0.05, 0.1) is 12.1 Å². The molecule has 2 atom stereocenters. The van der Waals surface area contributed by atoms with E-state index in [0.29, 0.717) is 10.9 Å². The minimum absolute atomic E-state index is 0.00587. The van der Waals surface area contributed by atoms with Gasteiger partial charge in [-0.05, 0) is 42.5 Å². The van der Waals surface area contributed by atoms with Gasteiger partial charge in [0.2, 0.25) is 5.91 Å². The zero-order chi connectivity index (χ0) is 15.3. The summed E-state index contributed by atoms with van der Waals surface area (Å²) in [5.41, 5.74) is 0.417. The minimum Gasteiger partial charge on any atom is -0.394 e. The second kappa shape index (κ2) is 7.10. The molecule has 1 aliphatic carbocycles. The van der Waals surface area contributed by atoms with Crippen molar-refractivity contribution in [2.45, 2.75) is 38.1 Å². The van der Waals surface area contributed by atoms with Gasteiger partial charge < -0.3 is 10.4 Å². The predicted octanol–water partition coefficient (Wildman–Crippen LogP) is 3.41. The summed E-state index contributed by atoms with van der Waals surface area (Å²) in [6, 6.07) is 7.33. The Balaban J connectivity index is 2.00. The lowest BCUT2D eigenvalue weighted by atomic mass is 9.77. The highest BCUT2D eigenvalue weighted by molar-refractivity contribution is 6.30. The number of halogens is 1. The van der Waals surface area contributed by atoms with E-state index < -0.39 is 5.54 Å². The van der Waals surface area contributed by atoms with Crippen LogP contribution in [-0.2, 0) is 4.79 Å². The fourth-order valence-electron chi connectivity index (χ4n) is 3.04. The summed E-state index contributed by atoms with van der Waals surface area (Å²) in [5.74, 6) is 0.362. The first-order valence-corrected chi connectivity index (χ1v) is 7.77. The third-order valence-corrected chi connectivity index (χ3v) is 4.29. The average Bonchev–Trinajstić information content (AvgIpc) is 2.45. The molecule has 1 aliphatic rings. The van der Waals surface area contributed by atoms with Gasteiger partial charge in [-0.25, -0.2) is 0 Å². The normalized spacial score (nSPS) is 26.0. The van der Waals surface area contributed by atoms with Crippen molar-refractivity contribution in [1.82, 2.24) is 5.32 Å². The smallest absolute Gasteiger partial charge is 0.244 e. The molecule has 0 heterocycles. The first-order chi connectivity index (χ1) is 10.0. The lowest BCUT2D eigenvalue weighted by Gasteiger charge is -2.39. The number of carbonyl (C=O) groups is 1. The Hall–Kier alpha value is -1.32. The molecular formula is C17H22ClNO2. The van der Waals surface area contributed by atoms with Crippen LogP contribution in [0.5, 0.6) is 0 Å². The van der Waals surface area contributed by atoms with E-state index >= 15 is 0 Å². The summed E-state index contributed by atoms with van der Waals surface area (Å²) in [4.78, 5) is 12.1. The Bertz CT molecular complexity index is 529. The fourth-order valence-corrected chi connectivity index (χ4v) is 3.24. The quantitative estimate of drug-likeness (QED) is 0.838. The molecule has 1 aromatic carbocycles. The fraction of sp³-hybridized carbons (Fsp3) is 0.471. The summed E-state index contributed by atoms with van der Waals surface area (Å²) in [7, 11) is 0. The molecule has 0 spiro atoms. The Morgan fingerprint density at radius 2 is 2.38 bits per heavy atom. The van der Waals surface area contributed by atoms with Gasteiger partial charge in [-0.15, -0.1) is 0 Å². The van der Waals surface area contributed by atoms with Crippen molar-refractivity contribution >= 4 is 23.6 Å². The molecule has 1 amide bonds. The number of aliphatic hydroxyl groups excluding tert-OH is 1. The Morgan fingerprint density at radius 3 is 3.05 bits per heavy atom. The van der Waals surface area contributed by atoms with E-state index in [-0.39, 0.29) is 12.5 Å². The minimum atomic E-state index is -0.465. The number of carbonyl (C=O) groups excluding carboxylic acids is 1. The maximum Gasteiger partial charge on any atom is 0.244 e. The van der Waals surface area contributed by atoms with Gasteiger partial charge in [-0.3, -0.25) is 4.79 Å². The van der Waals surface area contributed by atoms with Gasteiger partial charge in [0, 0.05) is 11.1 Å². The third kappa shape index (κ3) is 4.58. The van der Waals surface area contributed by atoms with Crippen LogP contribution in [0.25, 0.3) is 6.08 Å². The van der Waals surface area contributed by atoms with Gasteiger partial charge >= 0.3 is 0 Å². The summed E-state index contributed by atoms with van der Waals surface area (Å²) < 4.78 is 0. The molecule has 0 aliphatic heterocycles. The number of hydrogen-bond donors (Lipinski definition) is 2. The maximum absolute atomic E-state index is 12.1. The molecule has 3 nitrogen and oxygen atoms in total. The number of nitrogens with one attached hydrogen (secondary N) is 1. The van der Waals surface area contributed by atoms with Crippen molar-refractivity contribution in [2.75, 3.05) is 6.61 Å². The first-order valence-electron chi connectivity index (χ1n) is 7.40. The highest BCUT2D eigenvalue weighted by atomic mass is 35.5. The third-order valence-electron chi connectivity index (χ3n) is 4.06. The average molecular weight is 308 g/mol. The van der Waals surface area contributed by atoms with Gasteiger partial charge in [0.15, 0.2) is 0 Å². The van der Waals surface area contributed by atoms with Gasteiger partial charge in [-0.2, -0.15) is 0 Å². The Kier molecular flexibility index (Phi) is 5.43. The van der Waals surface area contributed by atoms with Crippen LogP contribution < -0.4 is 5.32 Å². The van der Waals surface area contributed by atoms with Crippen molar-refractivity contribution in [3.05, 3.63) is 40.9 Å². The Morgan fingerprint density at radius 1 is 1.57 bits per heavy atom. The molecule has 1 fully saturated rings. The first kappa shape index (κ1) is 16.1. The molecule has 2 unspecified atom stereocenters. The SMILES string of the molecule is CC1CCCC(CO)(NC(=O)C=Cc2cccc(Cl)c2)C1. The van der Waals surface area contributed by atoms with Crippen LogP contribution in [0.15, 0.2) is 30.3 Å². The van der Waals surface area contributed by atoms with Crippen molar-refractivity contribution in [2.24, 2.45) is 5.92 Å². The van der Waals surface area contributed by atoms with Crippen LogP contribution in [0, 0.1) is 5.92 Å². The van der Waals surface area contributed by atoms with Crippen LogP contribution in [0.2, 0.25) is 5.02 Å². The van der Waals surface area contributed by atoms with Crippen LogP contribution >= 0.6 is 11.6 Å². The molecule has 0 radical (unpaired) electrons. The second-order valence-corrected chi connectivity index (χ2v) is 6.45. The largest absolute Gasteiger partial charge is 0.394 e. The number of aliphatic hydroxyl groups is 1. The number of rotatable bonds is 4. The number of hydrogen-bond acceptors (Lipinski definition) is 2. The van der Waals surface area contributed by atoms with E-state index in [1.807, 2.05) is 12.1 Å². The molecule has 4 heteroatoms. The van der Waals surface area contributed by atoms with Gasteiger partial charge in [0.1, 0.15) is 0 Å². The van der Waals surface area contributed by atoms with Crippen LogP contribution in [0.1, 0.15) is 38.2 Å². The van der Waals surface area contributed by atoms with Crippen molar-refractivity contribution in [3.8, 4) is 0 Å². The molecule has 0 aromatic heterocycles. The molecule has 114 valence electrons. The highest BCUT2D eigenvalue weighted by Gasteiger charge is 2.35. The molecule has 0 saturated heterocycles. The molecule has 0 bridgehead atoms. The molecule has 2 N–H and O–H groups in total. The van der Waals surface area contributed by atoms with Crippen LogP contribution in [-0.4, -0.2) is 23.2 Å². The molecule has 2 rings (SSSR count). The van der Waals surface area contributed by atoms with E-state index in [1.165, 1.54) is 6.08 Å². The van der Waals surface area contributed by atoms with Crippen molar-refractivity contribution in [1.29, 1.82) is 0 Å². The van der Waals surface area contributed by atoms with E-state index in [2.05, 4.69) is 12.2 Å². The monoisotopic (exact) mass is 307 g/mol. The second-order valence-electron chi connectivity index (χ2n) is 6.02. The zero-order valence-corrected chi connectivity index (χ0v) is 13.1. The summed E-state index contributed by atoms with van der Waals surface area (Å²) in [6.45, 7) is 2.16. The molecule has 1 aromatic rings. The van der Waals surface area contributed by atoms with Crippen LogP contribution in [0.3, 0.4) is 0 Å². The number of benzene rings is 1. The lowest BCUT2D eigenvalue weighted by Crippen LogP contribution is -2.53. The maximum atomic E-state index is 12.1. The topological polar surface area (TPSA) is 49.3 Å². The molecular weight excluding hydrogens is 286 g/mol. The number of amides is 1. The van der Waals surface area contributed by atoms with Crippen LogP contribution in [0.4, 0.5) is 0 Å². The highest BCUT2D eigenvalue weighted by Crippen LogP contribution is 2.31. The summed E-state index contributed by atoms with van der Waals surface area (Å²) >= 11 is 5.91. The van der Waals surface area contributed by atoms with Crippen molar-refractivity contribution in [3.63, 3.8) is 0 Å². The molecule has 21 heavy (non-hydrogen) atoms. The predicted molar refractivity (Wildman–Crippen MR) is 86.1 cm³/mol. The van der Waals surface area contributed by atoms with Crippen molar-refractivity contribution < 1.29 is 9.90 Å². The lowest BCUT2D eigenvalue weighted by molar-refractivity contribution is -0.119. The zero-order valence-electron chi connectivity index (χ0n) is 12.3. The molecule has 1 saturated carbocycles.